The van der Waals surface area contributed by atoms with Crippen LogP contribution in [-0.4, -0.2) is 100 Å². The number of nitrogens with one attached hydrogen (secondary N) is 1. The highest BCUT2D eigenvalue weighted by atomic mass is 32.1. The first-order chi connectivity index (χ1) is 23.1. The Balaban J connectivity index is 1.06. The summed E-state index contributed by atoms with van der Waals surface area (Å²) in [6.07, 6.45) is 7.70. The quantitative estimate of drug-likeness (QED) is 0.317. The van der Waals surface area contributed by atoms with Crippen molar-refractivity contribution in [1.29, 1.82) is 0 Å². The molecule has 2 amide bonds. The number of amides is 2. The van der Waals surface area contributed by atoms with Gasteiger partial charge in [-0.15, -0.1) is 0 Å². The van der Waals surface area contributed by atoms with E-state index in [0.717, 1.165) is 93.0 Å². The van der Waals surface area contributed by atoms with Crippen molar-refractivity contribution in [3.63, 3.8) is 0 Å². The second-order valence-electron chi connectivity index (χ2n) is 15.8. The van der Waals surface area contributed by atoms with E-state index in [1.807, 2.05) is 29.2 Å². The van der Waals surface area contributed by atoms with Crippen LogP contribution < -0.4 is 5.32 Å². The Morgan fingerprint density at radius 3 is 2.54 bits per heavy atom. The lowest BCUT2D eigenvalue weighted by atomic mass is 9.71. The molecule has 0 spiro atoms. The first-order valence-electron chi connectivity index (χ1n) is 18.2. The van der Waals surface area contributed by atoms with E-state index in [0.29, 0.717) is 28.8 Å². The van der Waals surface area contributed by atoms with Gasteiger partial charge < -0.3 is 25.1 Å². The monoisotopic (exact) mass is 672 g/mol. The average molecular weight is 673 g/mol. The van der Waals surface area contributed by atoms with Crippen LogP contribution in [0.5, 0.6) is 0 Å². The molecule has 0 radical (unpaired) electrons. The zero-order valence-corrected chi connectivity index (χ0v) is 29.7. The van der Waals surface area contributed by atoms with Gasteiger partial charge >= 0.3 is 0 Å². The fraction of sp³-hybridized carbons (Fsp3) is 0.632. The molecule has 1 unspecified atom stereocenters. The van der Waals surface area contributed by atoms with Gasteiger partial charge in [-0.1, -0.05) is 44.2 Å². The van der Waals surface area contributed by atoms with Gasteiger partial charge in [0.2, 0.25) is 0 Å². The molecule has 7 rings (SSSR count). The normalized spacial score (nSPS) is 22.1. The van der Waals surface area contributed by atoms with Crippen molar-refractivity contribution < 1.29 is 14.7 Å². The third-order valence-corrected chi connectivity index (χ3v) is 12.2. The number of hydrogen-bond acceptors (Lipinski definition) is 8. The number of thiazole rings is 1. The number of aliphatic hydroxyl groups excluding tert-OH is 1. The Bertz CT molecular complexity index is 1610. The summed E-state index contributed by atoms with van der Waals surface area (Å²) in [6, 6.07) is 9.71. The Morgan fingerprint density at radius 1 is 1.02 bits per heavy atom. The summed E-state index contributed by atoms with van der Waals surface area (Å²) in [5, 5.41) is 13.7. The molecule has 2 N–H and O–H groups in total. The Labute approximate surface area is 289 Å². The zero-order valence-electron chi connectivity index (χ0n) is 28.9. The Morgan fingerprint density at radius 2 is 1.79 bits per heavy atom. The van der Waals surface area contributed by atoms with E-state index in [9.17, 15) is 14.7 Å². The molecule has 2 aromatic heterocycles. The molecule has 2 atom stereocenters. The van der Waals surface area contributed by atoms with Crippen molar-refractivity contribution >= 4 is 33.5 Å². The molecule has 3 aliphatic heterocycles. The summed E-state index contributed by atoms with van der Waals surface area (Å²) in [5.41, 5.74) is 5.07. The van der Waals surface area contributed by atoms with E-state index in [1.165, 1.54) is 42.8 Å². The molecule has 3 aromatic rings. The van der Waals surface area contributed by atoms with Gasteiger partial charge in [-0.25, -0.2) is 9.97 Å². The minimum absolute atomic E-state index is 0.0690. The molecule has 0 saturated carbocycles. The minimum atomic E-state index is -0.280. The molecule has 1 aliphatic carbocycles. The molecule has 0 bridgehead atoms. The van der Waals surface area contributed by atoms with Gasteiger partial charge in [0.15, 0.2) is 5.01 Å². The lowest BCUT2D eigenvalue weighted by Crippen LogP contribution is -2.53. The number of rotatable bonds is 9. The van der Waals surface area contributed by atoms with Crippen molar-refractivity contribution in [2.45, 2.75) is 84.3 Å². The average Bonchev–Trinajstić information content (AvgIpc) is 3.73. The number of pyridine rings is 1. The van der Waals surface area contributed by atoms with Crippen molar-refractivity contribution in [3.05, 3.63) is 57.7 Å². The third-order valence-electron chi connectivity index (χ3n) is 11.3. The first-order valence-corrected chi connectivity index (χ1v) is 19.0. The summed E-state index contributed by atoms with van der Waals surface area (Å²) < 4.78 is 0. The summed E-state index contributed by atoms with van der Waals surface area (Å²) in [6.45, 7) is 14.5. The third kappa shape index (κ3) is 7.62. The number of carbonyl (C=O) groups is 2. The van der Waals surface area contributed by atoms with Crippen LogP contribution >= 0.6 is 11.3 Å². The van der Waals surface area contributed by atoms with Gasteiger partial charge in [-0.05, 0) is 105 Å². The lowest BCUT2D eigenvalue weighted by molar-refractivity contribution is 0.0433. The summed E-state index contributed by atoms with van der Waals surface area (Å²) in [4.78, 5) is 44.8. The van der Waals surface area contributed by atoms with Crippen LogP contribution in [0.2, 0.25) is 0 Å². The van der Waals surface area contributed by atoms with Crippen molar-refractivity contribution in [1.82, 2.24) is 30.0 Å². The van der Waals surface area contributed by atoms with Gasteiger partial charge in [0, 0.05) is 56.4 Å². The van der Waals surface area contributed by atoms with Crippen LogP contribution in [0.1, 0.15) is 102 Å². The predicted octanol–water partition coefficient (Wildman–Crippen LogP) is 5.33. The molecule has 3 saturated heterocycles. The summed E-state index contributed by atoms with van der Waals surface area (Å²) in [5.74, 6) is 1.03. The molecular weight excluding hydrogens is 621 g/mol. The van der Waals surface area contributed by atoms with Crippen LogP contribution in [-0.2, 0) is 12.8 Å². The van der Waals surface area contributed by atoms with Gasteiger partial charge in [0.1, 0.15) is 10.3 Å². The summed E-state index contributed by atoms with van der Waals surface area (Å²) >= 11 is 1.37. The number of carbonyl (C=O) groups excluding carboxylic acids is 2. The predicted molar refractivity (Wildman–Crippen MR) is 190 cm³/mol. The summed E-state index contributed by atoms with van der Waals surface area (Å²) in [7, 11) is 0. The second-order valence-corrected chi connectivity index (χ2v) is 16.8. The van der Waals surface area contributed by atoms with Crippen LogP contribution in [0.4, 0.5) is 0 Å². The number of piperidine rings is 1. The number of hydrogen-bond donors (Lipinski definition) is 2. The SMILES string of the molecule is CC(C)(C)[C@H]1CCc2nc3sc(C(=O)NC(CCN4CCC(O)CC4)c4cccc(C(=O)N5CC(CN6CCCC6)C5)c4)nc3cc2C1. The number of benzene rings is 1. The first kappa shape index (κ1) is 33.6. The topological polar surface area (TPSA) is 102 Å². The number of aliphatic hydroxyl groups is 1. The molecule has 10 heteroatoms. The van der Waals surface area contributed by atoms with E-state index >= 15 is 0 Å². The molecule has 3 fully saturated rings. The van der Waals surface area contributed by atoms with Crippen LogP contribution in [0, 0.1) is 17.3 Å². The van der Waals surface area contributed by atoms with Crippen LogP contribution in [0.25, 0.3) is 10.3 Å². The molecule has 4 aliphatic rings. The van der Waals surface area contributed by atoms with E-state index < -0.39 is 0 Å². The van der Waals surface area contributed by atoms with Crippen LogP contribution in [0.15, 0.2) is 30.3 Å². The smallest absolute Gasteiger partial charge is 0.280 e. The molecule has 9 nitrogen and oxygen atoms in total. The highest BCUT2D eigenvalue weighted by Crippen LogP contribution is 2.38. The van der Waals surface area contributed by atoms with Crippen LogP contribution in [0.3, 0.4) is 0 Å². The Kier molecular flexibility index (Phi) is 9.88. The fourth-order valence-electron chi connectivity index (χ4n) is 8.10. The maximum absolute atomic E-state index is 13.8. The highest BCUT2D eigenvalue weighted by molar-refractivity contribution is 7.19. The van der Waals surface area contributed by atoms with Crippen molar-refractivity contribution in [2.75, 3.05) is 52.4 Å². The maximum atomic E-state index is 13.8. The number of aryl methyl sites for hydroxylation is 1. The highest BCUT2D eigenvalue weighted by Gasteiger charge is 2.34. The lowest BCUT2D eigenvalue weighted by Gasteiger charge is -2.41. The molecule has 1 aromatic carbocycles. The van der Waals surface area contributed by atoms with Gasteiger partial charge in [-0.2, -0.15) is 0 Å². The van der Waals surface area contributed by atoms with E-state index in [2.05, 4.69) is 42.0 Å². The van der Waals surface area contributed by atoms with Gasteiger partial charge in [0.25, 0.3) is 11.8 Å². The second kappa shape index (κ2) is 14.1. The standard InChI is InChI=1S/C38H52N6O3S/c1-38(2,3)29-9-10-31-28(20-29)21-33-35(40-31)48-36(41-33)34(46)39-32(13-18-42-16-11-30(45)12-17-42)26-7-6-8-27(19-26)37(47)44-23-25(24-44)22-43-14-4-5-15-43/h6-8,19,21,25,29-30,32,45H,4-5,9-18,20,22-24H2,1-3H3,(H,39,46)/t29-,32?/m0/s1. The molecule has 5 heterocycles. The van der Waals surface area contributed by atoms with Gasteiger partial charge in [0.05, 0.1) is 12.1 Å². The van der Waals surface area contributed by atoms with E-state index in [-0.39, 0.29) is 29.4 Å². The number of fused-ring (bicyclic) bond motifs is 2. The molecule has 258 valence electrons. The zero-order chi connectivity index (χ0) is 33.4. The van der Waals surface area contributed by atoms with E-state index in [1.54, 1.807) is 0 Å². The largest absolute Gasteiger partial charge is 0.393 e. The molecular formula is C38H52N6O3S. The Hall–Kier alpha value is -2.92. The number of likely N-dealkylation sites (tertiary alicyclic amines) is 3. The fourth-order valence-corrected chi connectivity index (χ4v) is 8.94. The van der Waals surface area contributed by atoms with Crippen molar-refractivity contribution in [2.24, 2.45) is 17.3 Å². The maximum Gasteiger partial charge on any atom is 0.280 e. The molecule has 48 heavy (non-hydrogen) atoms. The van der Waals surface area contributed by atoms with Gasteiger partial charge in [-0.3, -0.25) is 9.59 Å². The minimum Gasteiger partial charge on any atom is -0.393 e. The van der Waals surface area contributed by atoms with Crippen molar-refractivity contribution in [3.8, 4) is 0 Å². The van der Waals surface area contributed by atoms with E-state index in [4.69, 9.17) is 9.97 Å². The number of nitrogens with zero attached hydrogens (tertiary/aromatic N) is 5. The number of aromatic nitrogens is 2.